The van der Waals surface area contributed by atoms with Crippen molar-refractivity contribution in [1.82, 2.24) is 4.90 Å². The van der Waals surface area contributed by atoms with E-state index in [-0.39, 0.29) is 33.8 Å². The second kappa shape index (κ2) is 13.5. The molecule has 2 unspecified atom stereocenters. The Hall–Kier alpha value is -2.89. The van der Waals surface area contributed by atoms with Crippen molar-refractivity contribution in [2.24, 2.45) is 4.99 Å². The third kappa shape index (κ3) is 6.67. The Morgan fingerprint density at radius 1 is 1.13 bits per heavy atom. The Morgan fingerprint density at radius 2 is 1.93 bits per heavy atom. The fourth-order valence-electron chi connectivity index (χ4n) is 6.33. The lowest BCUT2D eigenvalue weighted by Gasteiger charge is -2.47. The first-order valence-electron chi connectivity index (χ1n) is 14.8. The minimum absolute atomic E-state index is 0.0413. The molecular formula is C33H33Cl2F2N3O4S. The quantitative estimate of drug-likeness (QED) is 0.243. The summed E-state index contributed by atoms with van der Waals surface area (Å²) in [5.74, 6) is -1.51. The first-order valence-corrected chi connectivity index (χ1v) is 16.6. The van der Waals surface area contributed by atoms with Gasteiger partial charge in [0.1, 0.15) is 17.4 Å². The number of ether oxygens (including phenoxy) is 2. The first kappa shape index (κ1) is 32.1. The maximum Gasteiger partial charge on any atom is 0.335 e. The van der Waals surface area contributed by atoms with E-state index in [9.17, 15) is 18.7 Å². The van der Waals surface area contributed by atoms with E-state index in [1.165, 1.54) is 23.9 Å². The van der Waals surface area contributed by atoms with E-state index >= 15 is 0 Å². The van der Waals surface area contributed by atoms with Crippen molar-refractivity contribution in [2.75, 3.05) is 50.9 Å². The number of benzene rings is 3. The van der Waals surface area contributed by atoms with Crippen molar-refractivity contribution < 1.29 is 28.2 Å². The molecule has 1 N–H and O–H groups in total. The number of hydrogen-bond donors (Lipinski definition) is 1. The summed E-state index contributed by atoms with van der Waals surface area (Å²) in [5.41, 5.74) is 2.18. The Bertz CT molecular complexity index is 1610. The van der Waals surface area contributed by atoms with Crippen molar-refractivity contribution in [1.29, 1.82) is 0 Å². The predicted molar refractivity (Wildman–Crippen MR) is 175 cm³/mol. The average molecular weight is 677 g/mol. The summed E-state index contributed by atoms with van der Waals surface area (Å²) in [6, 6.07) is 12.7. The van der Waals surface area contributed by atoms with Gasteiger partial charge in [-0.25, -0.2) is 13.6 Å². The SMILES string of the molecule is CC1(c2ccc(Cl)c(OCCCN3CCOCC3)c2)Cc2cc(F)ccc2N2C(SCc3c(F)cc(C(=O)O)cc3Cl)=NCC21. The highest BCUT2D eigenvalue weighted by atomic mass is 35.5. The average Bonchev–Trinajstić information content (AvgIpc) is 3.45. The fourth-order valence-corrected chi connectivity index (χ4v) is 7.96. The monoisotopic (exact) mass is 675 g/mol. The number of nitrogens with zero attached hydrogens (tertiary/aromatic N) is 3. The van der Waals surface area contributed by atoms with Gasteiger partial charge in [-0.15, -0.1) is 0 Å². The normalized spacial score (nSPS) is 21.3. The minimum atomic E-state index is -1.25. The van der Waals surface area contributed by atoms with Crippen molar-refractivity contribution in [3.8, 4) is 5.75 Å². The molecule has 0 amide bonds. The molecule has 3 aromatic carbocycles. The highest BCUT2D eigenvalue weighted by Crippen LogP contribution is 2.48. The molecule has 7 nitrogen and oxygen atoms in total. The molecule has 3 aliphatic heterocycles. The highest BCUT2D eigenvalue weighted by Gasteiger charge is 2.48. The lowest BCUT2D eigenvalue weighted by Crippen LogP contribution is -2.54. The van der Waals surface area contributed by atoms with Crippen molar-refractivity contribution in [3.63, 3.8) is 0 Å². The summed E-state index contributed by atoms with van der Waals surface area (Å²) in [4.78, 5) is 20.7. The predicted octanol–water partition coefficient (Wildman–Crippen LogP) is 7.06. The summed E-state index contributed by atoms with van der Waals surface area (Å²) < 4.78 is 41.1. The number of rotatable bonds is 9. The highest BCUT2D eigenvalue weighted by molar-refractivity contribution is 8.13. The number of hydrogen-bond acceptors (Lipinski definition) is 7. The van der Waals surface area contributed by atoms with E-state index in [2.05, 4.69) is 16.7 Å². The van der Waals surface area contributed by atoms with Crippen molar-refractivity contribution >= 4 is 51.8 Å². The molecule has 1 fully saturated rings. The van der Waals surface area contributed by atoms with E-state index in [0.29, 0.717) is 35.5 Å². The van der Waals surface area contributed by atoms with Crippen LogP contribution < -0.4 is 9.64 Å². The zero-order valence-electron chi connectivity index (χ0n) is 24.7. The number of anilines is 1. The lowest BCUT2D eigenvalue weighted by atomic mass is 9.68. The number of fused-ring (bicyclic) bond motifs is 3. The number of morpholine rings is 1. The first-order chi connectivity index (χ1) is 21.6. The van der Waals surface area contributed by atoms with Crippen LogP contribution in [0.2, 0.25) is 10.0 Å². The van der Waals surface area contributed by atoms with E-state index in [1.807, 2.05) is 18.2 Å². The Balaban J connectivity index is 1.23. The van der Waals surface area contributed by atoms with Crippen LogP contribution in [0.1, 0.15) is 40.4 Å². The number of carbonyl (C=O) groups is 1. The number of halogens is 4. The number of aromatic carboxylic acids is 1. The van der Waals surface area contributed by atoms with Gasteiger partial charge >= 0.3 is 5.97 Å². The second-order valence-corrected chi connectivity index (χ2v) is 13.4. The summed E-state index contributed by atoms with van der Waals surface area (Å²) in [6.45, 7) is 7.44. The zero-order chi connectivity index (χ0) is 31.7. The van der Waals surface area contributed by atoms with Crippen LogP contribution in [0, 0.1) is 11.6 Å². The molecule has 3 aromatic rings. The maximum atomic E-state index is 14.9. The second-order valence-electron chi connectivity index (χ2n) is 11.7. The molecule has 0 aliphatic carbocycles. The van der Waals surface area contributed by atoms with Crippen LogP contribution in [-0.4, -0.2) is 73.2 Å². The van der Waals surface area contributed by atoms with Crippen LogP contribution in [0.4, 0.5) is 14.5 Å². The van der Waals surface area contributed by atoms with Crippen LogP contribution in [0.25, 0.3) is 0 Å². The van der Waals surface area contributed by atoms with Gasteiger partial charge in [0.25, 0.3) is 0 Å². The van der Waals surface area contributed by atoms with Crippen LogP contribution in [-0.2, 0) is 22.3 Å². The van der Waals surface area contributed by atoms with Crippen LogP contribution in [0.5, 0.6) is 5.75 Å². The molecule has 0 bridgehead atoms. The van der Waals surface area contributed by atoms with Crippen LogP contribution >= 0.6 is 35.0 Å². The molecule has 238 valence electrons. The van der Waals surface area contributed by atoms with Gasteiger partial charge in [-0.05, 0) is 66.4 Å². The van der Waals surface area contributed by atoms with Gasteiger partial charge in [0.15, 0.2) is 5.17 Å². The topological polar surface area (TPSA) is 74.6 Å². The molecule has 45 heavy (non-hydrogen) atoms. The number of amidine groups is 1. The van der Waals surface area contributed by atoms with E-state index in [1.54, 1.807) is 12.1 Å². The Kier molecular flexibility index (Phi) is 9.59. The van der Waals surface area contributed by atoms with Gasteiger partial charge in [0, 0.05) is 47.1 Å². The molecule has 0 saturated carbocycles. The minimum Gasteiger partial charge on any atom is -0.492 e. The molecule has 3 aliphatic rings. The van der Waals surface area contributed by atoms with Gasteiger partial charge in [-0.1, -0.05) is 48.0 Å². The molecule has 1 saturated heterocycles. The Morgan fingerprint density at radius 3 is 2.69 bits per heavy atom. The Labute approximate surface area is 275 Å². The third-order valence-corrected chi connectivity index (χ3v) is 10.5. The molecule has 12 heteroatoms. The van der Waals surface area contributed by atoms with Crippen LogP contribution in [0.3, 0.4) is 0 Å². The van der Waals surface area contributed by atoms with Crippen LogP contribution in [0.15, 0.2) is 53.5 Å². The van der Waals surface area contributed by atoms with Crippen molar-refractivity contribution in [2.45, 2.75) is 37.0 Å². The number of carboxylic acids is 1. The lowest BCUT2D eigenvalue weighted by molar-refractivity contribution is 0.0358. The molecule has 3 heterocycles. The fraction of sp³-hybridized carbons (Fsp3) is 0.394. The van der Waals surface area contributed by atoms with E-state index in [4.69, 9.17) is 37.7 Å². The summed E-state index contributed by atoms with van der Waals surface area (Å²) in [6.07, 6.45) is 1.43. The van der Waals surface area contributed by atoms with Gasteiger partial charge in [0.05, 0.1) is 43.0 Å². The summed E-state index contributed by atoms with van der Waals surface area (Å²) >= 11 is 14.2. The number of carboxylic acid groups (broad SMARTS) is 1. The summed E-state index contributed by atoms with van der Waals surface area (Å²) in [5, 5.41) is 10.5. The third-order valence-electron chi connectivity index (χ3n) is 8.82. The summed E-state index contributed by atoms with van der Waals surface area (Å²) in [7, 11) is 0. The zero-order valence-corrected chi connectivity index (χ0v) is 27.0. The molecule has 6 rings (SSSR count). The molecular weight excluding hydrogens is 643 g/mol. The number of aliphatic imine (C=N–C) groups is 1. The van der Waals surface area contributed by atoms with Gasteiger partial charge in [0.2, 0.25) is 0 Å². The maximum absolute atomic E-state index is 14.9. The largest absolute Gasteiger partial charge is 0.492 e. The molecule has 0 spiro atoms. The molecule has 2 atom stereocenters. The van der Waals surface area contributed by atoms with E-state index in [0.717, 1.165) is 62.1 Å². The standard InChI is InChI=1S/C33H33Cl2F2N3O4S/c1-33(22-3-5-25(34)29(16-22)44-10-2-7-39-8-11-43-12-9-39)17-21-13-23(36)4-6-28(21)40-30(33)18-38-32(40)45-19-24-26(35)14-20(31(41)42)15-27(24)37/h3-6,13-16,30H,2,7-12,17-19H2,1H3,(H,41,42). The number of thioether (sulfide) groups is 1. The van der Waals surface area contributed by atoms with Gasteiger partial charge in [-0.3, -0.25) is 9.89 Å². The smallest absolute Gasteiger partial charge is 0.335 e. The molecule has 0 radical (unpaired) electrons. The van der Waals surface area contributed by atoms with Gasteiger partial charge in [-0.2, -0.15) is 0 Å². The molecule has 0 aromatic heterocycles. The van der Waals surface area contributed by atoms with Gasteiger partial charge < -0.3 is 19.5 Å². The van der Waals surface area contributed by atoms with E-state index < -0.39 is 17.2 Å². The van der Waals surface area contributed by atoms with Crippen molar-refractivity contribution in [3.05, 3.63) is 92.5 Å².